The second-order valence-corrected chi connectivity index (χ2v) is 5.47. The summed E-state index contributed by atoms with van der Waals surface area (Å²) in [5.41, 5.74) is 1.87. The molecule has 7 nitrogen and oxygen atoms in total. The molecule has 8 heteroatoms. The standard InChI is InChI=1S/C16H21FN6O/c1-11-4-5-12(8-14(11)17)21-16(24)19-7-6-18-15-9-13(23(2)3)10-20-22-15/h4-5,8-10H,6-7H2,1-3H3,(H,18,22)(H2,19,21,24). The van der Waals surface area contributed by atoms with Crippen LogP contribution in [0.15, 0.2) is 30.5 Å². The van der Waals surface area contributed by atoms with Crippen LogP contribution in [0.4, 0.5) is 26.4 Å². The third-order valence-corrected chi connectivity index (χ3v) is 3.30. The third kappa shape index (κ3) is 5.08. The zero-order valence-corrected chi connectivity index (χ0v) is 13.9. The van der Waals surface area contributed by atoms with Crippen LogP contribution in [0.1, 0.15) is 5.56 Å². The second kappa shape index (κ2) is 8.09. The molecular formula is C16H21FN6O. The van der Waals surface area contributed by atoms with E-state index in [9.17, 15) is 9.18 Å². The summed E-state index contributed by atoms with van der Waals surface area (Å²) in [5.74, 6) is 0.276. The van der Waals surface area contributed by atoms with E-state index < -0.39 is 6.03 Å². The number of amides is 2. The maximum absolute atomic E-state index is 13.4. The number of benzene rings is 1. The Balaban J connectivity index is 1.74. The van der Waals surface area contributed by atoms with Gasteiger partial charge in [0, 0.05) is 38.9 Å². The van der Waals surface area contributed by atoms with Gasteiger partial charge in [0.1, 0.15) is 5.82 Å². The molecule has 1 aromatic heterocycles. The van der Waals surface area contributed by atoms with Gasteiger partial charge in [-0.1, -0.05) is 6.07 Å². The summed E-state index contributed by atoms with van der Waals surface area (Å²) in [6, 6.07) is 6.02. The number of carbonyl (C=O) groups excluding carboxylic acids is 1. The number of nitrogens with zero attached hydrogens (tertiary/aromatic N) is 3. The van der Waals surface area contributed by atoms with E-state index in [1.807, 2.05) is 25.1 Å². The largest absolute Gasteiger partial charge is 0.376 e. The van der Waals surface area contributed by atoms with Crippen molar-refractivity contribution in [1.82, 2.24) is 15.5 Å². The van der Waals surface area contributed by atoms with E-state index in [2.05, 4.69) is 26.1 Å². The van der Waals surface area contributed by atoms with Crippen molar-refractivity contribution in [3.8, 4) is 0 Å². The first-order valence-corrected chi connectivity index (χ1v) is 7.50. The molecule has 0 unspecified atom stereocenters. The van der Waals surface area contributed by atoms with Crippen molar-refractivity contribution in [3.05, 3.63) is 41.8 Å². The highest BCUT2D eigenvalue weighted by atomic mass is 19.1. The van der Waals surface area contributed by atoms with Gasteiger partial charge in [-0.25, -0.2) is 9.18 Å². The van der Waals surface area contributed by atoms with Gasteiger partial charge in [0.05, 0.1) is 11.9 Å². The summed E-state index contributed by atoms with van der Waals surface area (Å²) in [6.45, 7) is 2.54. The van der Waals surface area contributed by atoms with Crippen molar-refractivity contribution in [2.45, 2.75) is 6.92 Å². The molecule has 0 fully saturated rings. The number of aryl methyl sites for hydroxylation is 1. The average Bonchev–Trinajstić information content (AvgIpc) is 2.55. The molecule has 0 saturated carbocycles. The first kappa shape index (κ1) is 17.5. The zero-order valence-electron chi connectivity index (χ0n) is 13.9. The van der Waals surface area contributed by atoms with Crippen LogP contribution in [-0.2, 0) is 0 Å². The van der Waals surface area contributed by atoms with Crippen LogP contribution >= 0.6 is 0 Å². The lowest BCUT2D eigenvalue weighted by Gasteiger charge is -2.13. The molecule has 0 aliphatic heterocycles. The maximum Gasteiger partial charge on any atom is 0.319 e. The minimum absolute atomic E-state index is 0.353. The van der Waals surface area contributed by atoms with Crippen molar-refractivity contribution in [2.24, 2.45) is 0 Å². The van der Waals surface area contributed by atoms with Crippen molar-refractivity contribution in [3.63, 3.8) is 0 Å². The monoisotopic (exact) mass is 332 g/mol. The Labute approximate surface area is 140 Å². The number of carbonyl (C=O) groups is 1. The van der Waals surface area contributed by atoms with Crippen molar-refractivity contribution < 1.29 is 9.18 Å². The lowest BCUT2D eigenvalue weighted by Crippen LogP contribution is -2.32. The van der Waals surface area contributed by atoms with Crippen LogP contribution in [0.2, 0.25) is 0 Å². The summed E-state index contributed by atoms with van der Waals surface area (Å²) < 4.78 is 13.4. The van der Waals surface area contributed by atoms with Gasteiger partial charge in [-0.3, -0.25) is 0 Å². The molecule has 128 valence electrons. The van der Waals surface area contributed by atoms with Crippen LogP contribution in [0.25, 0.3) is 0 Å². The summed E-state index contributed by atoms with van der Waals surface area (Å²) in [6.07, 6.45) is 1.66. The lowest BCUT2D eigenvalue weighted by molar-refractivity contribution is 0.252. The fourth-order valence-electron chi connectivity index (χ4n) is 1.90. The summed E-state index contributed by atoms with van der Waals surface area (Å²) >= 11 is 0. The SMILES string of the molecule is Cc1ccc(NC(=O)NCCNc2cc(N(C)C)cnn2)cc1F. The normalized spacial score (nSPS) is 10.2. The topological polar surface area (TPSA) is 82.2 Å². The molecule has 2 aromatic rings. The molecule has 1 heterocycles. The van der Waals surface area contributed by atoms with Gasteiger partial charge in [0.2, 0.25) is 0 Å². The van der Waals surface area contributed by atoms with Gasteiger partial charge < -0.3 is 20.9 Å². The Hall–Kier alpha value is -2.90. The maximum atomic E-state index is 13.4. The quantitative estimate of drug-likeness (QED) is 0.707. The molecule has 0 radical (unpaired) electrons. The molecule has 0 saturated heterocycles. The predicted octanol–water partition coefficient (Wildman–Crippen LogP) is 2.22. The number of hydrogen-bond donors (Lipinski definition) is 3. The molecule has 3 N–H and O–H groups in total. The highest BCUT2D eigenvalue weighted by molar-refractivity contribution is 5.89. The van der Waals surface area contributed by atoms with Gasteiger partial charge in [0.15, 0.2) is 5.82 Å². The van der Waals surface area contributed by atoms with Gasteiger partial charge in [-0.2, -0.15) is 5.10 Å². The van der Waals surface area contributed by atoms with Crippen molar-refractivity contribution >= 4 is 23.2 Å². The number of anilines is 3. The molecule has 0 spiro atoms. The second-order valence-electron chi connectivity index (χ2n) is 5.47. The van der Waals surface area contributed by atoms with Gasteiger partial charge >= 0.3 is 6.03 Å². The third-order valence-electron chi connectivity index (χ3n) is 3.30. The van der Waals surface area contributed by atoms with E-state index in [0.29, 0.717) is 30.2 Å². The molecule has 0 atom stereocenters. The number of nitrogens with one attached hydrogen (secondary N) is 3. The number of hydrogen-bond acceptors (Lipinski definition) is 5. The molecule has 2 rings (SSSR count). The zero-order chi connectivity index (χ0) is 17.5. The van der Waals surface area contributed by atoms with E-state index in [-0.39, 0.29) is 5.82 Å². The number of aromatic nitrogens is 2. The number of rotatable bonds is 6. The van der Waals surface area contributed by atoms with E-state index in [1.54, 1.807) is 25.3 Å². The number of urea groups is 1. The van der Waals surface area contributed by atoms with Crippen molar-refractivity contribution in [2.75, 3.05) is 42.7 Å². The summed E-state index contributed by atoms with van der Waals surface area (Å²) in [4.78, 5) is 13.7. The van der Waals surface area contributed by atoms with E-state index in [0.717, 1.165) is 5.69 Å². The van der Waals surface area contributed by atoms with E-state index in [4.69, 9.17) is 0 Å². The Morgan fingerprint density at radius 2 is 2.04 bits per heavy atom. The molecule has 24 heavy (non-hydrogen) atoms. The fourth-order valence-corrected chi connectivity index (χ4v) is 1.90. The fraction of sp³-hybridized carbons (Fsp3) is 0.312. The van der Waals surface area contributed by atoms with Crippen LogP contribution in [0, 0.1) is 12.7 Å². The summed E-state index contributed by atoms with van der Waals surface area (Å²) in [5, 5.41) is 16.2. The van der Waals surface area contributed by atoms with Gasteiger partial charge in [-0.05, 0) is 24.6 Å². The molecule has 1 aromatic carbocycles. The van der Waals surface area contributed by atoms with Crippen LogP contribution in [-0.4, -0.2) is 43.4 Å². The minimum atomic E-state index is -0.395. The molecule has 0 aliphatic rings. The van der Waals surface area contributed by atoms with Gasteiger partial charge in [0.25, 0.3) is 0 Å². The van der Waals surface area contributed by atoms with Crippen molar-refractivity contribution in [1.29, 1.82) is 0 Å². The average molecular weight is 332 g/mol. The molecule has 0 bridgehead atoms. The highest BCUT2D eigenvalue weighted by Crippen LogP contribution is 2.13. The molecular weight excluding hydrogens is 311 g/mol. The van der Waals surface area contributed by atoms with E-state index in [1.165, 1.54) is 6.07 Å². The van der Waals surface area contributed by atoms with Crippen LogP contribution in [0.3, 0.4) is 0 Å². The Morgan fingerprint density at radius 3 is 2.75 bits per heavy atom. The van der Waals surface area contributed by atoms with Crippen LogP contribution < -0.4 is 20.9 Å². The van der Waals surface area contributed by atoms with E-state index >= 15 is 0 Å². The molecule has 0 aliphatic carbocycles. The minimum Gasteiger partial charge on any atom is -0.376 e. The Bertz CT molecular complexity index is 707. The van der Waals surface area contributed by atoms with Crippen LogP contribution in [0.5, 0.6) is 0 Å². The first-order valence-electron chi connectivity index (χ1n) is 7.50. The number of halogens is 1. The highest BCUT2D eigenvalue weighted by Gasteiger charge is 2.04. The smallest absolute Gasteiger partial charge is 0.319 e. The molecule has 2 amide bonds. The Morgan fingerprint density at radius 1 is 1.25 bits per heavy atom. The first-order chi connectivity index (χ1) is 11.5. The predicted molar refractivity (Wildman–Crippen MR) is 93.0 cm³/mol. The lowest BCUT2D eigenvalue weighted by atomic mass is 10.2. The van der Waals surface area contributed by atoms with Gasteiger partial charge in [-0.15, -0.1) is 5.10 Å². The Kier molecular flexibility index (Phi) is 5.89. The summed E-state index contributed by atoms with van der Waals surface area (Å²) in [7, 11) is 3.83.